The minimum atomic E-state index is -5.07. The van der Waals surface area contributed by atoms with Crippen LogP contribution in [0.4, 0.5) is 18.9 Å². The number of hydrogen-bond donors (Lipinski definition) is 1. The second-order valence-electron chi connectivity index (χ2n) is 4.94. The largest absolute Gasteiger partial charge is 0.442 e. The van der Waals surface area contributed by atoms with Crippen LogP contribution in [0, 0.1) is 0 Å². The van der Waals surface area contributed by atoms with Crippen molar-refractivity contribution in [1.82, 2.24) is 0 Å². The van der Waals surface area contributed by atoms with E-state index in [0.29, 0.717) is 10.8 Å². The molecule has 0 radical (unpaired) electrons. The number of rotatable bonds is 1. The van der Waals surface area contributed by atoms with Gasteiger partial charge in [-0.1, -0.05) is 36.4 Å². The van der Waals surface area contributed by atoms with Gasteiger partial charge in [-0.05, 0) is 5.39 Å². The van der Waals surface area contributed by atoms with Crippen LogP contribution in [0.1, 0.15) is 12.5 Å². The van der Waals surface area contributed by atoms with Crippen LogP contribution in [-0.4, -0.2) is 18.1 Å². The Morgan fingerprint density at radius 1 is 1.18 bits per heavy atom. The number of esters is 1. The molecule has 2 aromatic carbocycles. The van der Waals surface area contributed by atoms with Gasteiger partial charge in [0, 0.05) is 17.9 Å². The van der Waals surface area contributed by atoms with E-state index in [1.54, 1.807) is 24.3 Å². The molecule has 1 N–H and O–H groups in total. The predicted molar refractivity (Wildman–Crippen MR) is 72.1 cm³/mol. The molecule has 0 aromatic heterocycles. The van der Waals surface area contributed by atoms with Crippen molar-refractivity contribution in [2.24, 2.45) is 0 Å². The number of anilines is 1. The van der Waals surface area contributed by atoms with E-state index in [2.05, 4.69) is 10.1 Å². The molecule has 0 saturated heterocycles. The number of alkyl halides is 3. The van der Waals surface area contributed by atoms with Crippen LogP contribution in [0.25, 0.3) is 10.8 Å². The lowest BCUT2D eigenvalue weighted by Gasteiger charge is -2.29. The second kappa shape index (κ2) is 4.46. The Labute approximate surface area is 122 Å². The summed E-state index contributed by atoms with van der Waals surface area (Å²) in [6.07, 6.45) is -5.07. The Kier molecular flexibility index (Phi) is 2.91. The summed E-state index contributed by atoms with van der Waals surface area (Å²) in [4.78, 5) is 23.2. The smallest absolute Gasteiger partial charge is 0.434 e. The maximum absolute atomic E-state index is 13.6. The van der Waals surface area contributed by atoms with E-state index in [1.165, 1.54) is 6.07 Å². The van der Waals surface area contributed by atoms with Gasteiger partial charge in [-0.3, -0.25) is 9.59 Å². The zero-order valence-electron chi connectivity index (χ0n) is 11.3. The molecular weight excluding hydrogens is 299 g/mol. The molecule has 0 fully saturated rings. The molecule has 2 aromatic rings. The van der Waals surface area contributed by atoms with Crippen LogP contribution in [0.5, 0.6) is 0 Å². The first-order valence-corrected chi connectivity index (χ1v) is 6.37. The first-order valence-electron chi connectivity index (χ1n) is 6.37. The molecule has 0 unspecified atom stereocenters. The summed E-state index contributed by atoms with van der Waals surface area (Å²) in [5.41, 5.74) is -3.70. The minimum absolute atomic E-state index is 0.0154. The standard InChI is InChI=1S/C15H10F3NO3/c1-8(20)22-14(15(16,17)18)11-7-6-9-4-2-3-5-10(9)12(11)19-13(14)21/h2-7H,1H3,(H,19,21)/t14-/m0/s1. The molecule has 7 heteroatoms. The molecule has 22 heavy (non-hydrogen) atoms. The molecule has 3 rings (SSSR count). The van der Waals surface area contributed by atoms with Crippen LogP contribution in [0.2, 0.25) is 0 Å². The van der Waals surface area contributed by atoms with Gasteiger partial charge in [0.1, 0.15) is 0 Å². The highest BCUT2D eigenvalue weighted by Crippen LogP contribution is 2.51. The highest BCUT2D eigenvalue weighted by Gasteiger charge is 2.68. The highest BCUT2D eigenvalue weighted by atomic mass is 19.4. The van der Waals surface area contributed by atoms with Crippen molar-refractivity contribution in [3.8, 4) is 0 Å². The first kappa shape index (κ1) is 14.4. The van der Waals surface area contributed by atoms with Crippen molar-refractivity contribution < 1.29 is 27.5 Å². The number of halogens is 3. The fourth-order valence-corrected chi connectivity index (χ4v) is 2.68. The third kappa shape index (κ3) is 1.78. The second-order valence-corrected chi connectivity index (χ2v) is 4.94. The zero-order chi connectivity index (χ0) is 16.1. The molecule has 1 aliphatic rings. The molecule has 114 valence electrons. The first-order chi connectivity index (χ1) is 10.3. The van der Waals surface area contributed by atoms with Gasteiger partial charge in [-0.2, -0.15) is 13.2 Å². The Balaban J connectivity index is 2.34. The van der Waals surface area contributed by atoms with Crippen LogP contribution < -0.4 is 5.32 Å². The van der Waals surface area contributed by atoms with Crippen molar-refractivity contribution in [3.63, 3.8) is 0 Å². The molecular formula is C15H10F3NO3. The van der Waals surface area contributed by atoms with Crippen molar-refractivity contribution in [3.05, 3.63) is 42.0 Å². The summed E-state index contributed by atoms with van der Waals surface area (Å²) in [5, 5.41) is 3.33. The summed E-state index contributed by atoms with van der Waals surface area (Å²) >= 11 is 0. The highest BCUT2D eigenvalue weighted by molar-refractivity contribution is 6.13. The van der Waals surface area contributed by atoms with E-state index in [-0.39, 0.29) is 5.69 Å². The lowest BCUT2D eigenvalue weighted by Crippen LogP contribution is -2.51. The van der Waals surface area contributed by atoms with Gasteiger partial charge in [0.05, 0.1) is 5.69 Å². The van der Waals surface area contributed by atoms with E-state index in [0.717, 1.165) is 13.0 Å². The van der Waals surface area contributed by atoms with E-state index >= 15 is 0 Å². The predicted octanol–water partition coefficient (Wildman–Crippen LogP) is 3.11. The van der Waals surface area contributed by atoms with E-state index in [4.69, 9.17) is 0 Å². The number of hydrogen-bond acceptors (Lipinski definition) is 3. The topological polar surface area (TPSA) is 55.4 Å². The quantitative estimate of drug-likeness (QED) is 0.824. The average molecular weight is 309 g/mol. The summed E-state index contributed by atoms with van der Waals surface area (Å²) < 4.78 is 45.2. The van der Waals surface area contributed by atoms with Crippen molar-refractivity contribution in [2.75, 3.05) is 5.32 Å². The summed E-state index contributed by atoms with van der Waals surface area (Å²) in [6.45, 7) is 0.833. The van der Waals surface area contributed by atoms with Gasteiger partial charge >= 0.3 is 17.7 Å². The van der Waals surface area contributed by atoms with E-state index in [9.17, 15) is 22.8 Å². The number of amides is 1. The molecule has 1 amide bonds. The molecule has 1 heterocycles. The lowest BCUT2D eigenvalue weighted by molar-refractivity contribution is -0.262. The van der Waals surface area contributed by atoms with Gasteiger partial charge in [0.15, 0.2) is 0 Å². The van der Waals surface area contributed by atoms with Crippen LogP contribution in [0.3, 0.4) is 0 Å². The number of carbonyl (C=O) groups excluding carboxylic acids is 2. The van der Waals surface area contributed by atoms with Crippen LogP contribution in [0.15, 0.2) is 36.4 Å². The number of fused-ring (bicyclic) bond motifs is 3. The number of nitrogens with one attached hydrogen (secondary N) is 1. The van der Waals surface area contributed by atoms with Gasteiger partial charge in [0.25, 0.3) is 5.91 Å². The molecule has 4 nitrogen and oxygen atoms in total. The monoisotopic (exact) mass is 309 g/mol. The maximum Gasteiger partial charge on any atom is 0.442 e. The van der Waals surface area contributed by atoms with Crippen molar-refractivity contribution in [2.45, 2.75) is 18.7 Å². The Hall–Kier alpha value is -2.57. The molecule has 0 saturated carbocycles. The van der Waals surface area contributed by atoms with Crippen LogP contribution in [-0.2, 0) is 19.9 Å². The van der Waals surface area contributed by atoms with Crippen molar-refractivity contribution in [1.29, 1.82) is 0 Å². The molecule has 1 aliphatic heterocycles. The minimum Gasteiger partial charge on any atom is -0.434 e. The zero-order valence-corrected chi connectivity index (χ0v) is 11.3. The SMILES string of the molecule is CC(=O)O[C@]1(C(F)(F)F)C(=O)Nc2c1ccc1ccccc21. The number of ether oxygens (including phenoxy) is 1. The molecule has 0 spiro atoms. The van der Waals surface area contributed by atoms with E-state index in [1.807, 2.05) is 0 Å². The summed E-state index contributed by atoms with van der Waals surface area (Å²) in [7, 11) is 0. The normalized spacial score (nSPS) is 20.6. The molecule has 1 atom stereocenters. The Bertz CT molecular complexity index is 800. The van der Waals surface area contributed by atoms with Gasteiger partial charge in [-0.15, -0.1) is 0 Å². The van der Waals surface area contributed by atoms with Gasteiger partial charge < -0.3 is 10.1 Å². The fraction of sp³-hybridized carbons (Fsp3) is 0.200. The average Bonchev–Trinajstić information content (AvgIpc) is 2.72. The number of benzene rings is 2. The van der Waals surface area contributed by atoms with E-state index < -0.39 is 29.2 Å². The fourth-order valence-electron chi connectivity index (χ4n) is 2.68. The maximum atomic E-state index is 13.6. The Morgan fingerprint density at radius 2 is 1.86 bits per heavy atom. The van der Waals surface area contributed by atoms with Gasteiger partial charge in [-0.25, -0.2) is 0 Å². The molecule has 0 aliphatic carbocycles. The van der Waals surface area contributed by atoms with Crippen molar-refractivity contribution >= 4 is 28.3 Å². The molecule has 0 bridgehead atoms. The lowest BCUT2D eigenvalue weighted by atomic mass is 9.92. The van der Waals surface area contributed by atoms with Gasteiger partial charge in [0.2, 0.25) is 0 Å². The van der Waals surface area contributed by atoms with Crippen LogP contribution >= 0.6 is 0 Å². The number of carbonyl (C=O) groups is 2. The summed E-state index contributed by atoms with van der Waals surface area (Å²) in [6, 6.07) is 9.29. The Morgan fingerprint density at radius 3 is 2.50 bits per heavy atom. The summed E-state index contributed by atoms with van der Waals surface area (Å²) in [5.74, 6) is -2.60. The third-order valence-electron chi connectivity index (χ3n) is 3.56. The third-order valence-corrected chi connectivity index (χ3v) is 3.56.